The van der Waals surface area contributed by atoms with Crippen LogP contribution in [0.25, 0.3) is 0 Å². The largest absolute Gasteiger partial charge is 0.389 e. The van der Waals surface area contributed by atoms with Crippen molar-refractivity contribution < 1.29 is 10.0 Å². The highest BCUT2D eigenvalue weighted by Gasteiger charge is 2.20. The van der Waals surface area contributed by atoms with Crippen molar-refractivity contribution in [2.75, 3.05) is 11.9 Å². The highest BCUT2D eigenvalue weighted by Crippen LogP contribution is 2.34. The molecule has 0 amide bonds. The predicted octanol–water partition coefficient (Wildman–Crippen LogP) is 3.72. The molecule has 0 aromatic heterocycles. The Balaban J connectivity index is 2.50. The number of nitro groups is 1. The summed E-state index contributed by atoms with van der Waals surface area (Å²) in [6, 6.07) is 12.6. The third-order valence-corrected chi connectivity index (χ3v) is 3.43. The van der Waals surface area contributed by atoms with Crippen molar-refractivity contribution in [1.29, 1.82) is 0 Å². The summed E-state index contributed by atoms with van der Waals surface area (Å²) in [6.07, 6.45) is -0.734. The van der Waals surface area contributed by atoms with E-state index in [9.17, 15) is 15.2 Å². The van der Waals surface area contributed by atoms with Gasteiger partial charge in [0.25, 0.3) is 5.69 Å². The van der Waals surface area contributed by atoms with Crippen LogP contribution in [0.2, 0.25) is 0 Å². The summed E-state index contributed by atoms with van der Waals surface area (Å²) in [6.45, 7) is 3.56. The molecule has 0 aliphatic rings. The van der Waals surface area contributed by atoms with Crippen molar-refractivity contribution in [3.63, 3.8) is 0 Å². The van der Waals surface area contributed by atoms with Gasteiger partial charge in [0, 0.05) is 18.8 Å². The first kappa shape index (κ1) is 15.0. The van der Waals surface area contributed by atoms with Crippen molar-refractivity contribution in [2.24, 2.45) is 0 Å². The van der Waals surface area contributed by atoms with Gasteiger partial charge in [-0.1, -0.05) is 18.2 Å². The monoisotopic (exact) mass is 286 g/mol. The molecular formula is C16H18N2O3. The molecule has 2 rings (SSSR count). The lowest BCUT2D eigenvalue weighted by atomic mass is 10.1. The van der Waals surface area contributed by atoms with Gasteiger partial charge in [0.05, 0.1) is 11.0 Å². The first-order valence-electron chi connectivity index (χ1n) is 6.67. The van der Waals surface area contributed by atoms with Crippen molar-refractivity contribution in [3.8, 4) is 0 Å². The molecule has 0 unspecified atom stereocenters. The Kier molecular flexibility index (Phi) is 4.23. The number of hydrogen-bond donors (Lipinski definition) is 1. The zero-order valence-electron chi connectivity index (χ0n) is 12.3. The standard InChI is InChI=1S/C16H18N2O3/c1-11-5-4-6-14(9-11)17(3)15-8-7-13(12(2)19)10-16(15)18(20)21/h4-10,12,19H,1-3H3/t12-/m0/s1. The number of benzene rings is 2. The van der Waals surface area contributed by atoms with Gasteiger partial charge in [-0.25, -0.2) is 0 Å². The Morgan fingerprint density at radius 3 is 2.52 bits per heavy atom. The summed E-state index contributed by atoms with van der Waals surface area (Å²) in [5.41, 5.74) is 2.97. The van der Waals surface area contributed by atoms with Gasteiger partial charge in [0.2, 0.25) is 0 Å². The molecule has 0 saturated carbocycles. The molecule has 0 saturated heterocycles. The number of nitro benzene ring substituents is 1. The lowest BCUT2D eigenvalue weighted by Gasteiger charge is -2.20. The fourth-order valence-corrected chi connectivity index (χ4v) is 2.21. The number of hydrogen-bond acceptors (Lipinski definition) is 4. The number of nitrogens with zero attached hydrogens (tertiary/aromatic N) is 2. The van der Waals surface area contributed by atoms with Crippen LogP contribution in [0.3, 0.4) is 0 Å². The number of aliphatic hydroxyl groups excluding tert-OH is 1. The van der Waals surface area contributed by atoms with Gasteiger partial charge in [0.1, 0.15) is 5.69 Å². The average Bonchev–Trinajstić information content (AvgIpc) is 2.45. The molecule has 0 aliphatic heterocycles. The first-order chi connectivity index (χ1) is 9.90. The second kappa shape index (κ2) is 5.93. The van der Waals surface area contributed by atoms with Crippen molar-refractivity contribution >= 4 is 17.1 Å². The predicted molar refractivity (Wildman–Crippen MR) is 83.0 cm³/mol. The molecule has 0 spiro atoms. The van der Waals surface area contributed by atoms with Crippen molar-refractivity contribution in [3.05, 3.63) is 63.7 Å². The fourth-order valence-electron chi connectivity index (χ4n) is 2.21. The molecular weight excluding hydrogens is 268 g/mol. The molecule has 1 N–H and O–H groups in total. The highest BCUT2D eigenvalue weighted by atomic mass is 16.6. The van der Waals surface area contributed by atoms with E-state index in [1.165, 1.54) is 6.07 Å². The molecule has 1 atom stereocenters. The first-order valence-corrected chi connectivity index (χ1v) is 6.67. The number of anilines is 2. The van der Waals surface area contributed by atoms with E-state index in [0.29, 0.717) is 11.3 Å². The van der Waals surface area contributed by atoms with E-state index in [1.54, 1.807) is 31.0 Å². The summed E-state index contributed by atoms with van der Waals surface area (Å²) in [5.74, 6) is 0. The van der Waals surface area contributed by atoms with E-state index < -0.39 is 11.0 Å². The summed E-state index contributed by atoms with van der Waals surface area (Å²) < 4.78 is 0. The molecule has 110 valence electrons. The van der Waals surface area contributed by atoms with Crippen molar-refractivity contribution in [1.82, 2.24) is 0 Å². The maximum Gasteiger partial charge on any atom is 0.293 e. The summed E-state index contributed by atoms with van der Waals surface area (Å²) >= 11 is 0. The summed E-state index contributed by atoms with van der Waals surface area (Å²) in [7, 11) is 1.79. The second-order valence-corrected chi connectivity index (χ2v) is 5.08. The van der Waals surface area contributed by atoms with Gasteiger partial charge in [-0.05, 0) is 43.2 Å². The third-order valence-electron chi connectivity index (χ3n) is 3.43. The lowest BCUT2D eigenvalue weighted by molar-refractivity contribution is -0.384. The molecule has 0 bridgehead atoms. The third kappa shape index (κ3) is 3.20. The summed E-state index contributed by atoms with van der Waals surface area (Å²) in [4.78, 5) is 12.6. The van der Waals surface area contributed by atoms with Crippen LogP contribution in [0.15, 0.2) is 42.5 Å². The molecule has 2 aromatic carbocycles. The van der Waals surface area contributed by atoms with E-state index in [1.807, 2.05) is 31.2 Å². The number of aryl methyl sites for hydroxylation is 1. The van der Waals surface area contributed by atoms with Gasteiger partial charge in [-0.2, -0.15) is 0 Å². The smallest absolute Gasteiger partial charge is 0.293 e. The Labute approximate surface area is 123 Å². The maximum atomic E-state index is 11.3. The molecule has 0 aliphatic carbocycles. The Hall–Kier alpha value is -2.40. The average molecular weight is 286 g/mol. The zero-order chi connectivity index (χ0) is 15.6. The van der Waals surface area contributed by atoms with Crippen LogP contribution in [0.5, 0.6) is 0 Å². The van der Waals surface area contributed by atoms with Crippen LogP contribution in [-0.2, 0) is 0 Å². The summed E-state index contributed by atoms with van der Waals surface area (Å²) in [5, 5.41) is 20.9. The quantitative estimate of drug-likeness (QED) is 0.687. The Morgan fingerprint density at radius 2 is 1.95 bits per heavy atom. The van der Waals surface area contributed by atoms with Crippen LogP contribution >= 0.6 is 0 Å². The van der Waals surface area contributed by atoms with Crippen LogP contribution in [0.1, 0.15) is 24.2 Å². The van der Waals surface area contributed by atoms with Gasteiger partial charge >= 0.3 is 0 Å². The SMILES string of the molecule is Cc1cccc(N(C)c2ccc([C@H](C)O)cc2[N+](=O)[O-])c1. The van der Waals surface area contributed by atoms with E-state index >= 15 is 0 Å². The van der Waals surface area contributed by atoms with Crippen molar-refractivity contribution in [2.45, 2.75) is 20.0 Å². The number of aliphatic hydroxyl groups is 1. The minimum Gasteiger partial charge on any atom is -0.389 e. The molecule has 5 heteroatoms. The van der Waals surface area contributed by atoms with Crippen LogP contribution in [0, 0.1) is 17.0 Å². The highest BCUT2D eigenvalue weighted by molar-refractivity contribution is 5.72. The van der Waals surface area contributed by atoms with Gasteiger partial charge in [-0.3, -0.25) is 10.1 Å². The molecule has 0 radical (unpaired) electrons. The second-order valence-electron chi connectivity index (χ2n) is 5.08. The van der Waals surface area contributed by atoms with Crippen LogP contribution in [-0.4, -0.2) is 17.1 Å². The Bertz CT molecular complexity index is 668. The molecule has 0 fully saturated rings. The minimum atomic E-state index is -0.734. The van der Waals surface area contributed by atoms with E-state index in [-0.39, 0.29) is 5.69 Å². The zero-order valence-corrected chi connectivity index (χ0v) is 12.3. The van der Waals surface area contributed by atoms with Gasteiger partial charge < -0.3 is 10.0 Å². The lowest BCUT2D eigenvalue weighted by Crippen LogP contribution is -2.12. The van der Waals surface area contributed by atoms with Crippen LogP contribution in [0.4, 0.5) is 17.1 Å². The number of rotatable bonds is 4. The normalized spacial score (nSPS) is 12.0. The van der Waals surface area contributed by atoms with E-state index in [2.05, 4.69) is 0 Å². The Morgan fingerprint density at radius 1 is 1.24 bits per heavy atom. The van der Waals surface area contributed by atoms with Crippen LogP contribution < -0.4 is 4.90 Å². The van der Waals surface area contributed by atoms with Gasteiger partial charge in [-0.15, -0.1) is 0 Å². The molecule has 0 heterocycles. The van der Waals surface area contributed by atoms with E-state index in [4.69, 9.17) is 0 Å². The van der Waals surface area contributed by atoms with E-state index in [0.717, 1.165) is 11.3 Å². The molecule has 5 nitrogen and oxygen atoms in total. The fraction of sp³-hybridized carbons (Fsp3) is 0.250. The molecule has 2 aromatic rings. The maximum absolute atomic E-state index is 11.3. The minimum absolute atomic E-state index is 0.0163. The topological polar surface area (TPSA) is 66.6 Å². The molecule has 21 heavy (non-hydrogen) atoms. The van der Waals surface area contributed by atoms with Gasteiger partial charge in [0.15, 0.2) is 0 Å².